The molecule has 3 aliphatic heterocycles. The summed E-state index contributed by atoms with van der Waals surface area (Å²) in [4.78, 5) is 101. The van der Waals surface area contributed by atoms with Gasteiger partial charge in [-0.3, -0.25) is 24.0 Å². The molecule has 2 saturated heterocycles. The van der Waals surface area contributed by atoms with Gasteiger partial charge in [0.05, 0.1) is 24.0 Å². The number of nitrogens with zero attached hydrogens (tertiary/aromatic N) is 2. The van der Waals surface area contributed by atoms with Crippen LogP contribution in [0, 0.1) is 35.5 Å². The van der Waals surface area contributed by atoms with Crippen LogP contribution >= 0.6 is 0 Å². The number of cyclic esters (lactones) is 1. The Bertz CT molecular complexity index is 2170. The van der Waals surface area contributed by atoms with Crippen molar-refractivity contribution in [1.82, 2.24) is 4.90 Å². The SMILES string of the molecule is CO[C@H]1C[C@@H]2CC[C@@H](C)[C@@](O)(O2)C(=O)C(=O)N2CCCC[C@H]2C(=O)O[C@H]([C@H](C)C[C@@H]2CC[C@@H](OC(C)=O)[C@H](OC)C2)C/C(=N/OCC(=O)O)[C@H](C)/C=C(\C)[C@@H](OC(C)=O)[C@@H](OC)C(=O)[C@H](C)C[C@H](C)/C=C/C=C/C=C/1C. The van der Waals surface area contributed by atoms with Crippen molar-refractivity contribution in [3.63, 3.8) is 0 Å². The number of carboxylic acids is 1. The maximum Gasteiger partial charge on any atom is 0.344 e. The van der Waals surface area contributed by atoms with Gasteiger partial charge in [0.15, 0.2) is 18.0 Å². The minimum Gasteiger partial charge on any atom is -0.479 e. The summed E-state index contributed by atoms with van der Waals surface area (Å²) >= 11 is 0. The van der Waals surface area contributed by atoms with Crippen LogP contribution in [0.5, 0.6) is 0 Å². The minimum absolute atomic E-state index is 0.0149. The van der Waals surface area contributed by atoms with Crippen LogP contribution in [0.2, 0.25) is 0 Å². The van der Waals surface area contributed by atoms with Crippen LogP contribution in [0.15, 0.2) is 52.8 Å². The van der Waals surface area contributed by atoms with Crippen molar-refractivity contribution in [3.05, 3.63) is 47.6 Å². The molecule has 2 bridgehead atoms. The number of methoxy groups -OCH3 is 3. The van der Waals surface area contributed by atoms with Crippen LogP contribution in [0.4, 0.5) is 0 Å². The summed E-state index contributed by atoms with van der Waals surface area (Å²) in [6, 6.07) is -1.22. The average Bonchev–Trinajstić information content (AvgIpc) is 3.37. The number of piperidine rings is 1. The third-order valence-electron chi connectivity index (χ3n) is 15.4. The molecule has 19 nitrogen and oxygen atoms in total. The van der Waals surface area contributed by atoms with E-state index in [1.54, 1.807) is 48.0 Å². The lowest BCUT2D eigenvalue weighted by Gasteiger charge is -2.42. The molecule has 0 aromatic rings. The first kappa shape index (κ1) is 63.5. The van der Waals surface area contributed by atoms with E-state index in [9.17, 15) is 43.8 Å². The van der Waals surface area contributed by atoms with Crippen LogP contribution in [0.3, 0.4) is 0 Å². The molecular formula is C57H86N2O17. The summed E-state index contributed by atoms with van der Waals surface area (Å²) in [5, 5.41) is 26.0. The zero-order chi connectivity index (χ0) is 56.4. The fourth-order valence-corrected chi connectivity index (χ4v) is 11.1. The Labute approximate surface area is 449 Å². The van der Waals surface area contributed by atoms with Crippen LogP contribution in [0.1, 0.15) is 139 Å². The summed E-state index contributed by atoms with van der Waals surface area (Å²) in [6.45, 7) is 14.5. The quantitative estimate of drug-likeness (QED) is 0.0682. The second-order valence-corrected chi connectivity index (χ2v) is 21.5. The number of aliphatic hydroxyl groups is 1. The van der Waals surface area contributed by atoms with E-state index in [0.717, 1.165) is 5.57 Å². The van der Waals surface area contributed by atoms with E-state index in [1.807, 2.05) is 51.2 Å². The highest BCUT2D eigenvalue weighted by Crippen LogP contribution is 2.38. The molecule has 4 aliphatic rings. The molecule has 0 aromatic carbocycles. The largest absolute Gasteiger partial charge is 0.479 e. The molecule has 0 spiro atoms. The molecule has 3 heterocycles. The van der Waals surface area contributed by atoms with Gasteiger partial charge in [-0.1, -0.05) is 76.2 Å². The molecule has 2 N–H and O–H groups in total. The number of Topliss-reactive ketones (excluding diaryl/α,β-unsaturated/α-hetero) is 2. The number of rotatable bonds is 11. The molecule has 3 fully saturated rings. The monoisotopic (exact) mass is 1070 g/mol. The number of hydrogen-bond donors (Lipinski definition) is 2. The van der Waals surface area contributed by atoms with Gasteiger partial charge in [0.2, 0.25) is 12.4 Å². The van der Waals surface area contributed by atoms with Gasteiger partial charge in [-0.15, -0.1) is 0 Å². The lowest BCUT2D eigenvalue weighted by Crippen LogP contribution is -2.61. The molecule has 4 rings (SSSR count). The number of esters is 3. The lowest BCUT2D eigenvalue weighted by atomic mass is 9.78. The predicted molar refractivity (Wildman–Crippen MR) is 280 cm³/mol. The maximum atomic E-state index is 14.8. The summed E-state index contributed by atoms with van der Waals surface area (Å²) in [5.41, 5.74) is 1.51. The second-order valence-electron chi connectivity index (χ2n) is 21.5. The molecule has 0 aromatic heterocycles. The summed E-state index contributed by atoms with van der Waals surface area (Å²) in [7, 11) is 4.48. The van der Waals surface area contributed by atoms with Gasteiger partial charge in [-0.25, -0.2) is 9.59 Å². The first-order valence-corrected chi connectivity index (χ1v) is 27.0. The number of ether oxygens (including phenoxy) is 7. The molecule has 1 amide bonds. The van der Waals surface area contributed by atoms with Crippen molar-refractivity contribution in [2.45, 2.75) is 194 Å². The second kappa shape index (κ2) is 30.2. The lowest BCUT2D eigenvalue weighted by molar-refractivity contribution is -0.265. The highest BCUT2D eigenvalue weighted by Gasteiger charge is 2.53. The third kappa shape index (κ3) is 18.0. The fraction of sp³-hybridized carbons (Fsp3) is 0.719. The number of aliphatic carboxylic acids is 1. The summed E-state index contributed by atoms with van der Waals surface area (Å²) < 4.78 is 41.5. The Balaban J connectivity index is 1.84. The topological polar surface area (TPSA) is 249 Å². The van der Waals surface area contributed by atoms with E-state index in [1.165, 1.54) is 25.9 Å². The van der Waals surface area contributed by atoms with Crippen molar-refractivity contribution < 1.29 is 81.8 Å². The van der Waals surface area contributed by atoms with E-state index < -0.39 is 120 Å². The number of hydrogen-bond acceptors (Lipinski definition) is 17. The zero-order valence-corrected chi connectivity index (χ0v) is 46.9. The van der Waals surface area contributed by atoms with Crippen molar-refractivity contribution in [1.29, 1.82) is 0 Å². The molecule has 76 heavy (non-hydrogen) atoms. The predicted octanol–water partition coefficient (Wildman–Crippen LogP) is 7.21. The first-order chi connectivity index (χ1) is 35.9. The Hall–Kier alpha value is -5.08. The van der Waals surface area contributed by atoms with E-state index in [-0.39, 0.29) is 49.1 Å². The Kier molecular flexibility index (Phi) is 25.2. The number of fused-ring (bicyclic) bond motifs is 3. The Morgan fingerprint density at radius 3 is 2.18 bits per heavy atom. The first-order valence-electron chi connectivity index (χ1n) is 27.0. The zero-order valence-electron chi connectivity index (χ0n) is 46.9. The number of carboxylic acid groups (broad SMARTS) is 1. The van der Waals surface area contributed by atoms with Crippen molar-refractivity contribution in [2.24, 2.45) is 40.7 Å². The van der Waals surface area contributed by atoms with Gasteiger partial charge in [-0.05, 0) is 107 Å². The molecule has 1 saturated carbocycles. The average molecular weight is 1070 g/mol. The van der Waals surface area contributed by atoms with E-state index in [2.05, 4.69) is 5.16 Å². The summed E-state index contributed by atoms with van der Waals surface area (Å²) in [6.07, 6.45) is 10.7. The van der Waals surface area contributed by atoms with Crippen molar-refractivity contribution in [2.75, 3.05) is 34.5 Å². The number of carbonyl (C=O) groups excluding carboxylic acids is 6. The van der Waals surface area contributed by atoms with Gasteiger partial charge < -0.3 is 53.1 Å². The highest BCUT2D eigenvalue weighted by atomic mass is 16.6. The van der Waals surface area contributed by atoms with Gasteiger partial charge in [0, 0.05) is 72.3 Å². The number of ketones is 2. The van der Waals surface area contributed by atoms with Crippen LogP contribution < -0.4 is 0 Å². The maximum absolute atomic E-state index is 14.8. The molecular weight excluding hydrogens is 985 g/mol. The number of oxime groups is 1. The third-order valence-corrected chi connectivity index (χ3v) is 15.4. The molecule has 426 valence electrons. The number of allylic oxidation sites excluding steroid dienone is 6. The van der Waals surface area contributed by atoms with Crippen molar-refractivity contribution >= 4 is 47.1 Å². The highest BCUT2D eigenvalue weighted by molar-refractivity contribution is 6.39. The molecule has 15 atom stereocenters. The Morgan fingerprint density at radius 2 is 1.54 bits per heavy atom. The molecule has 19 heteroatoms. The molecule has 0 radical (unpaired) electrons. The number of amides is 1. The van der Waals surface area contributed by atoms with Gasteiger partial charge >= 0.3 is 23.9 Å². The van der Waals surface area contributed by atoms with E-state index in [0.29, 0.717) is 63.4 Å². The van der Waals surface area contributed by atoms with Crippen LogP contribution in [-0.2, 0) is 71.6 Å². The van der Waals surface area contributed by atoms with Gasteiger partial charge in [0.1, 0.15) is 18.2 Å². The smallest absolute Gasteiger partial charge is 0.344 e. The van der Waals surface area contributed by atoms with E-state index >= 15 is 0 Å². The van der Waals surface area contributed by atoms with Gasteiger partial charge in [-0.2, -0.15) is 0 Å². The Morgan fingerprint density at radius 1 is 0.829 bits per heavy atom. The van der Waals surface area contributed by atoms with Gasteiger partial charge in [0.25, 0.3) is 11.7 Å². The molecule has 1 aliphatic carbocycles. The van der Waals surface area contributed by atoms with Crippen LogP contribution in [-0.4, -0.2) is 151 Å². The van der Waals surface area contributed by atoms with E-state index in [4.69, 9.17) is 38.0 Å². The van der Waals surface area contributed by atoms with Crippen molar-refractivity contribution in [3.8, 4) is 0 Å². The normalized spacial score (nSPS) is 36.5. The molecule has 0 unspecified atom stereocenters. The minimum atomic E-state index is -2.49. The summed E-state index contributed by atoms with van der Waals surface area (Å²) in [5.74, 6) is -10.7. The number of carbonyl (C=O) groups is 7. The van der Waals surface area contributed by atoms with Crippen LogP contribution in [0.25, 0.3) is 0 Å². The fourth-order valence-electron chi connectivity index (χ4n) is 11.1. The standard InChI is InChI=1S/C57H86N2O17/c1-33-18-14-13-15-19-34(2)47(69-10)30-43-23-21-39(7)57(68,76-43)54(65)55(66)59-25-17-16-20-45(59)56(67)75-48(36(4)28-42-22-24-46(73-40(8)60)49(29-42)70-11)31-44(58-72-32-50(62)63)35(3)27-38(6)52(74-41(9)61)53(71-12)51(64)37(5)26-33/h13-15,18-19,27,33,35-37,39,42-43,45-49,52-53,68H,16-17,20-26,28-32H2,1-12H3,(H,62,63)/b15-13+,18-14+,34-19+,38-27+,58-44-/t33-,35-,36-,37-,39-,42+,43+,45+,46-,47+,48+,49-,52-,53+,57-/m1/s1.